The van der Waals surface area contributed by atoms with E-state index < -0.39 is 44.5 Å². The maximum absolute atomic E-state index is 13.7. The maximum Gasteiger partial charge on any atom is 0.462 e. The van der Waals surface area contributed by atoms with Crippen LogP contribution in [0.5, 0.6) is 0 Å². The Morgan fingerprint density at radius 3 is 1.38 bits per heavy atom. The third kappa shape index (κ3) is 4.49. The first kappa shape index (κ1) is 22.9. The molecular formula is C9H9F11O3Si. The van der Waals surface area contributed by atoms with Crippen LogP contribution in [0.2, 0.25) is 19.6 Å². The molecule has 0 aliphatic rings. The molecule has 15 heteroatoms. The number of carbonyl (C=O) groups is 1. The average molecular weight is 402 g/mol. The van der Waals surface area contributed by atoms with Crippen LogP contribution < -0.4 is 0 Å². The summed E-state index contributed by atoms with van der Waals surface area (Å²) in [5, 5.41) is 0. The van der Waals surface area contributed by atoms with Crippen molar-refractivity contribution in [3.05, 3.63) is 0 Å². The van der Waals surface area contributed by atoms with Gasteiger partial charge in [-0.3, -0.25) is 4.74 Å². The van der Waals surface area contributed by atoms with E-state index in [1.165, 1.54) is 0 Å². The van der Waals surface area contributed by atoms with Crippen LogP contribution >= 0.6 is 0 Å². The molecule has 0 N–H and O–H groups in total. The van der Waals surface area contributed by atoms with Crippen LogP contribution in [0.25, 0.3) is 0 Å². The summed E-state index contributed by atoms with van der Waals surface area (Å²) in [5.74, 6) is -16.7. The van der Waals surface area contributed by atoms with Crippen molar-refractivity contribution in [2.24, 2.45) is 0 Å². The molecule has 0 heterocycles. The topological polar surface area (TPSA) is 35.5 Å². The summed E-state index contributed by atoms with van der Waals surface area (Å²) >= 11 is 0. The molecule has 0 rings (SSSR count). The Labute approximate surface area is 127 Å². The second kappa shape index (κ2) is 6.00. The summed E-state index contributed by atoms with van der Waals surface area (Å²) in [6.07, 6.45) is -20.9. The Bertz CT molecular complexity index is 479. The Balaban J connectivity index is 5.96. The van der Waals surface area contributed by atoms with Gasteiger partial charge in [0, 0.05) is 0 Å². The predicted molar refractivity (Wildman–Crippen MR) is 56.4 cm³/mol. The van der Waals surface area contributed by atoms with Crippen molar-refractivity contribution in [2.75, 3.05) is 0 Å². The molecule has 0 aromatic heterocycles. The van der Waals surface area contributed by atoms with Gasteiger partial charge in [-0.2, -0.15) is 48.3 Å². The number of rotatable bonds is 5. The van der Waals surface area contributed by atoms with Crippen LogP contribution in [-0.2, 0) is 14.0 Å². The van der Waals surface area contributed by atoms with Gasteiger partial charge in [-0.25, -0.2) is 4.79 Å². The minimum atomic E-state index is -7.22. The molecule has 0 spiro atoms. The van der Waals surface area contributed by atoms with Gasteiger partial charge in [-0.05, 0) is 19.6 Å². The molecule has 0 aliphatic carbocycles. The summed E-state index contributed by atoms with van der Waals surface area (Å²) in [5.41, 5.74) is 0. The largest absolute Gasteiger partial charge is 0.515 e. The van der Waals surface area contributed by atoms with Crippen LogP contribution in [0.3, 0.4) is 0 Å². The number of hydrogen-bond donors (Lipinski definition) is 0. The fourth-order valence-corrected chi connectivity index (χ4v) is 1.65. The molecule has 1 atom stereocenters. The second-order valence-electron chi connectivity index (χ2n) is 5.29. The molecule has 24 heavy (non-hydrogen) atoms. The monoisotopic (exact) mass is 402 g/mol. The quantitative estimate of drug-likeness (QED) is 0.505. The van der Waals surface area contributed by atoms with Gasteiger partial charge < -0.3 is 4.43 Å². The van der Waals surface area contributed by atoms with Crippen LogP contribution in [0.4, 0.5) is 48.3 Å². The third-order valence-electron chi connectivity index (χ3n) is 2.02. The molecule has 144 valence electrons. The van der Waals surface area contributed by atoms with Gasteiger partial charge in [0.05, 0.1) is 0 Å². The summed E-state index contributed by atoms with van der Waals surface area (Å²) in [6.45, 7) is 2.93. The zero-order valence-corrected chi connectivity index (χ0v) is 12.9. The molecule has 0 aromatic rings. The van der Waals surface area contributed by atoms with Crippen molar-refractivity contribution in [1.29, 1.82) is 0 Å². The van der Waals surface area contributed by atoms with E-state index in [2.05, 4.69) is 4.43 Å². The number of halogens is 11. The van der Waals surface area contributed by atoms with Crippen molar-refractivity contribution >= 4 is 14.3 Å². The normalized spacial score (nSPS) is 17.4. The lowest BCUT2D eigenvalue weighted by atomic mass is 10.2. The summed E-state index contributed by atoms with van der Waals surface area (Å²) in [6, 6.07) is 0. The molecule has 3 nitrogen and oxygen atoms in total. The Kier molecular flexibility index (Phi) is 5.72. The van der Waals surface area contributed by atoms with Crippen LogP contribution in [0.1, 0.15) is 0 Å². The van der Waals surface area contributed by atoms with E-state index in [1.807, 2.05) is 4.74 Å². The van der Waals surface area contributed by atoms with Crippen LogP contribution in [-0.4, -0.2) is 44.5 Å². The van der Waals surface area contributed by atoms with E-state index in [1.54, 1.807) is 0 Å². The van der Waals surface area contributed by atoms with Crippen molar-refractivity contribution in [2.45, 2.75) is 49.9 Å². The highest BCUT2D eigenvalue weighted by Gasteiger charge is 2.80. The molecular weight excluding hydrogens is 393 g/mol. The molecule has 0 fully saturated rings. The van der Waals surface area contributed by atoms with E-state index >= 15 is 0 Å². The standard InChI is InChI=1S/C9H9F11O3Si/c1-24(2,3)22-4(21)5(10,7(13,14)15)23-9(19,20)6(11,12)8(16,17)18/h1-3H3/t5-/m0/s1. The third-order valence-corrected chi connectivity index (χ3v) is 2.81. The first-order valence-corrected chi connectivity index (χ1v) is 9.01. The zero-order valence-electron chi connectivity index (χ0n) is 11.9. The Hall–Kier alpha value is -1.12. The predicted octanol–water partition coefficient (Wildman–Crippen LogP) is 4.40. The van der Waals surface area contributed by atoms with Crippen molar-refractivity contribution in [3.63, 3.8) is 0 Å². The van der Waals surface area contributed by atoms with Gasteiger partial charge in [0.1, 0.15) is 0 Å². The van der Waals surface area contributed by atoms with Gasteiger partial charge in [0.25, 0.3) is 0 Å². The lowest BCUT2D eigenvalue weighted by Gasteiger charge is -2.34. The molecule has 0 bridgehead atoms. The zero-order chi connectivity index (χ0) is 20.0. The minimum Gasteiger partial charge on any atom is -0.515 e. The van der Waals surface area contributed by atoms with Gasteiger partial charge in [-0.1, -0.05) is 0 Å². The van der Waals surface area contributed by atoms with Crippen molar-refractivity contribution in [3.8, 4) is 0 Å². The lowest BCUT2D eigenvalue weighted by Crippen LogP contribution is -2.62. The highest BCUT2D eigenvalue weighted by atomic mass is 28.4. The highest BCUT2D eigenvalue weighted by Crippen LogP contribution is 2.51. The van der Waals surface area contributed by atoms with E-state index in [4.69, 9.17) is 0 Å². The van der Waals surface area contributed by atoms with E-state index in [0.29, 0.717) is 0 Å². The van der Waals surface area contributed by atoms with Crippen LogP contribution in [0, 0.1) is 0 Å². The SMILES string of the molecule is C[Si](C)(C)OC(=O)[C@](F)(OC(F)(F)C(F)(F)C(F)(F)F)C(F)(F)F. The van der Waals surface area contributed by atoms with Gasteiger partial charge in [0.2, 0.25) is 8.32 Å². The molecule has 0 aromatic carbocycles. The van der Waals surface area contributed by atoms with E-state index in [9.17, 15) is 53.1 Å². The Morgan fingerprint density at radius 2 is 1.12 bits per heavy atom. The van der Waals surface area contributed by atoms with E-state index in [-0.39, 0.29) is 0 Å². The minimum absolute atomic E-state index is 0.976. The second-order valence-corrected chi connectivity index (χ2v) is 9.71. The summed E-state index contributed by atoms with van der Waals surface area (Å²) in [4.78, 5) is 11.1. The summed E-state index contributed by atoms with van der Waals surface area (Å²) in [7, 11) is -3.39. The van der Waals surface area contributed by atoms with E-state index in [0.717, 1.165) is 19.6 Å². The van der Waals surface area contributed by atoms with Crippen molar-refractivity contribution in [1.82, 2.24) is 0 Å². The fourth-order valence-electron chi connectivity index (χ4n) is 0.965. The number of ether oxygens (including phenoxy) is 1. The lowest BCUT2D eigenvalue weighted by molar-refractivity contribution is -0.474. The first-order chi connectivity index (χ1) is 10.1. The van der Waals surface area contributed by atoms with Crippen molar-refractivity contribution < 1.29 is 62.3 Å². The number of alkyl halides is 11. The number of hydrogen-bond acceptors (Lipinski definition) is 3. The molecule has 0 aliphatic heterocycles. The molecule has 0 saturated carbocycles. The highest BCUT2D eigenvalue weighted by molar-refractivity contribution is 6.71. The smallest absolute Gasteiger partial charge is 0.462 e. The molecule has 0 radical (unpaired) electrons. The molecule has 0 amide bonds. The summed E-state index contributed by atoms with van der Waals surface area (Å²) < 4.78 is 144. The molecule has 0 saturated heterocycles. The maximum atomic E-state index is 13.7. The van der Waals surface area contributed by atoms with Crippen LogP contribution in [0.15, 0.2) is 0 Å². The fraction of sp³-hybridized carbons (Fsp3) is 0.889. The molecule has 0 unspecified atom stereocenters. The average Bonchev–Trinajstić information content (AvgIpc) is 2.22. The Morgan fingerprint density at radius 1 is 0.750 bits per heavy atom. The van der Waals surface area contributed by atoms with Gasteiger partial charge in [-0.15, -0.1) is 0 Å². The number of carbonyl (C=O) groups excluding carboxylic acids is 1. The first-order valence-electron chi connectivity index (χ1n) is 5.60. The van der Waals surface area contributed by atoms with Gasteiger partial charge >= 0.3 is 36.2 Å². The van der Waals surface area contributed by atoms with Gasteiger partial charge in [0.15, 0.2) is 0 Å².